The van der Waals surface area contributed by atoms with Gasteiger partial charge in [0.25, 0.3) is 0 Å². The molecular weight excluding hydrogens is 318 g/mol. The zero-order valence-electron chi connectivity index (χ0n) is 14.1. The Kier molecular flexibility index (Phi) is 5.57. The van der Waals surface area contributed by atoms with E-state index in [-0.39, 0.29) is 12.1 Å². The molecule has 7 heteroatoms. The van der Waals surface area contributed by atoms with Crippen molar-refractivity contribution in [3.63, 3.8) is 0 Å². The normalized spacial score (nSPS) is 18.5. The number of methoxy groups -OCH3 is 1. The molecule has 1 saturated heterocycles. The quantitative estimate of drug-likeness (QED) is 0.910. The van der Waals surface area contributed by atoms with E-state index in [1.807, 2.05) is 20.8 Å². The number of hydrogen-bond donors (Lipinski definition) is 1. The number of ether oxygens (including phenoxy) is 2. The van der Waals surface area contributed by atoms with Crippen LogP contribution in [0.3, 0.4) is 0 Å². The molecular formula is C16H24ClN3O3. The molecule has 1 aromatic rings. The number of nitrogens with zero attached hydrogens (tertiary/aromatic N) is 2. The SMILES string of the molecule is COc1ccc(Cl)c(N[C@@H]2CCCN(C(=O)OC(C)(C)C)C2)n1. The monoisotopic (exact) mass is 341 g/mol. The molecule has 0 unspecified atom stereocenters. The summed E-state index contributed by atoms with van der Waals surface area (Å²) in [6.07, 6.45) is 1.56. The van der Waals surface area contributed by atoms with Crippen LogP contribution < -0.4 is 10.1 Å². The van der Waals surface area contributed by atoms with Gasteiger partial charge >= 0.3 is 6.09 Å². The average Bonchev–Trinajstić information content (AvgIpc) is 2.48. The summed E-state index contributed by atoms with van der Waals surface area (Å²) in [5.41, 5.74) is -0.491. The number of likely N-dealkylation sites (tertiary alicyclic amines) is 1. The predicted octanol–water partition coefficient (Wildman–Crippen LogP) is 3.56. The topological polar surface area (TPSA) is 63.7 Å². The Balaban J connectivity index is 2.00. The Morgan fingerprint density at radius 1 is 1.43 bits per heavy atom. The summed E-state index contributed by atoms with van der Waals surface area (Å²) in [6, 6.07) is 3.53. The van der Waals surface area contributed by atoms with E-state index in [4.69, 9.17) is 21.1 Å². The molecule has 0 aromatic carbocycles. The number of carbonyl (C=O) groups excluding carboxylic acids is 1. The third-order valence-electron chi connectivity index (χ3n) is 3.44. The minimum Gasteiger partial charge on any atom is -0.481 e. The second kappa shape index (κ2) is 7.25. The number of rotatable bonds is 3. The number of amides is 1. The van der Waals surface area contributed by atoms with Crippen LogP contribution in [0.25, 0.3) is 0 Å². The standard InChI is InChI=1S/C16H24ClN3O3/c1-16(2,3)23-15(21)20-9-5-6-11(10-20)18-14-12(17)7-8-13(19-14)22-4/h7-8,11H,5-6,9-10H2,1-4H3,(H,18,19)/t11-/m1/s1. The fraction of sp³-hybridized carbons (Fsp3) is 0.625. The maximum atomic E-state index is 12.2. The number of hydrogen-bond acceptors (Lipinski definition) is 5. The van der Waals surface area contributed by atoms with Crippen LogP contribution in [-0.4, -0.2) is 47.8 Å². The van der Waals surface area contributed by atoms with Crippen LogP contribution >= 0.6 is 11.6 Å². The molecule has 2 heterocycles. The number of nitrogens with one attached hydrogen (secondary N) is 1. The molecule has 0 aliphatic carbocycles. The third kappa shape index (κ3) is 5.16. The van der Waals surface area contributed by atoms with Crippen molar-refractivity contribution in [3.8, 4) is 5.88 Å². The lowest BCUT2D eigenvalue weighted by Crippen LogP contribution is -2.47. The molecule has 0 radical (unpaired) electrons. The van der Waals surface area contributed by atoms with E-state index in [0.29, 0.717) is 29.8 Å². The Bertz CT molecular complexity index is 560. The molecule has 0 bridgehead atoms. The minimum atomic E-state index is -0.491. The fourth-order valence-electron chi connectivity index (χ4n) is 2.42. The van der Waals surface area contributed by atoms with Gasteiger partial charge in [0, 0.05) is 25.2 Å². The molecule has 1 aromatic heterocycles. The Hall–Kier alpha value is -1.69. The summed E-state index contributed by atoms with van der Waals surface area (Å²) in [5, 5.41) is 3.83. The lowest BCUT2D eigenvalue weighted by atomic mass is 10.1. The molecule has 1 fully saturated rings. The number of carbonyl (C=O) groups is 1. The number of halogens is 1. The van der Waals surface area contributed by atoms with E-state index in [9.17, 15) is 4.79 Å². The van der Waals surface area contributed by atoms with Gasteiger partial charge in [-0.1, -0.05) is 11.6 Å². The van der Waals surface area contributed by atoms with Crippen molar-refractivity contribution < 1.29 is 14.3 Å². The summed E-state index contributed by atoms with van der Waals surface area (Å²) >= 11 is 6.17. The first-order valence-corrected chi connectivity index (χ1v) is 8.11. The molecule has 0 saturated carbocycles. The summed E-state index contributed by atoms with van der Waals surface area (Å²) < 4.78 is 10.6. The molecule has 1 atom stereocenters. The summed E-state index contributed by atoms with van der Waals surface area (Å²) in [5.74, 6) is 1.07. The van der Waals surface area contributed by atoms with Crippen LogP contribution in [0.15, 0.2) is 12.1 Å². The summed E-state index contributed by atoms with van der Waals surface area (Å²) in [4.78, 5) is 18.2. The van der Waals surface area contributed by atoms with Gasteiger partial charge in [0.1, 0.15) is 11.4 Å². The number of piperidine rings is 1. The van der Waals surface area contributed by atoms with Crippen LogP contribution in [0.5, 0.6) is 5.88 Å². The van der Waals surface area contributed by atoms with E-state index >= 15 is 0 Å². The van der Waals surface area contributed by atoms with E-state index in [0.717, 1.165) is 12.8 Å². The van der Waals surface area contributed by atoms with Crippen LogP contribution in [0.1, 0.15) is 33.6 Å². The van der Waals surface area contributed by atoms with Crippen LogP contribution in [-0.2, 0) is 4.74 Å². The van der Waals surface area contributed by atoms with Crippen LogP contribution in [0.2, 0.25) is 5.02 Å². The summed E-state index contributed by atoms with van der Waals surface area (Å²) in [6.45, 7) is 6.86. The molecule has 2 rings (SSSR count). The second-order valence-corrected chi connectivity index (χ2v) is 7.00. The van der Waals surface area contributed by atoms with Gasteiger partial charge in [-0.2, -0.15) is 4.98 Å². The van der Waals surface area contributed by atoms with Crippen molar-refractivity contribution in [3.05, 3.63) is 17.2 Å². The Morgan fingerprint density at radius 3 is 2.83 bits per heavy atom. The van der Waals surface area contributed by atoms with Crippen molar-refractivity contribution in [2.75, 3.05) is 25.5 Å². The molecule has 1 N–H and O–H groups in total. The van der Waals surface area contributed by atoms with Crippen molar-refractivity contribution >= 4 is 23.5 Å². The van der Waals surface area contributed by atoms with Crippen molar-refractivity contribution in [1.82, 2.24) is 9.88 Å². The summed E-state index contributed by atoms with van der Waals surface area (Å²) in [7, 11) is 1.56. The number of pyridine rings is 1. The first-order valence-electron chi connectivity index (χ1n) is 7.73. The van der Waals surface area contributed by atoms with E-state index in [2.05, 4.69) is 10.3 Å². The number of anilines is 1. The van der Waals surface area contributed by atoms with E-state index in [1.165, 1.54) is 0 Å². The molecule has 1 aliphatic heterocycles. The first-order chi connectivity index (χ1) is 10.8. The van der Waals surface area contributed by atoms with Gasteiger partial charge in [-0.05, 0) is 39.7 Å². The van der Waals surface area contributed by atoms with Gasteiger partial charge in [0.2, 0.25) is 5.88 Å². The van der Waals surface area contributed by atoms with Gasteiger partial charge in [-0.15, -0.1) is 0 Å². The molecule has 0 spiro atoms. The van der Waals surface area contributed by atoms with Crippen molar-refractivity contribution in [2.45, 2.75) is 45.3 Å². The maximum Gasteiger partial charge on any atom is 0.410 e. The predicted molar refractivity (Wildman–Crippen MR) is 90.3 cm³/mol. The highest BCUT2D eigenvalue weighted by Gasteiger charge is 2.28. The highest BCUT2D eigenvalue weighted by molar-refractivity contribution is 6.32. The minimum absolute atomic E-state index is 0.0772. The lowest BCUT2D eigenvalue weighted by molar-refractivity contribution is 0.0206. The van der Waals surface area contributed by atoms with Crippen molar-refractivity contribution in [2.24, 2.45) is 0 Å². The van der Waals surface area contributed by atoms with Crippen LogP contribution in [0.4, 0.5) is 10.6 Å². The van der Waals surface area contributed by atoms with Gasteiger partial charge in [0.05, 0.1) is 12.1 Å². The smallest absolute Gasteiger partial charge is 0.410 e. The van der Waals surface area contributed by atoms with Crippen molar-refractivity contribution in [1.29, 1.82) is 0 Å². The van der Waals surface area contributed by atoms with E-state index in [1.54, 1.807) is 24.1 Å². The average molecular weight is 342 g/mol. The zero-order valence-corrected chi connectivity index (χ0v) is 14.8. The van der Waals surface area contributed by atoms with Gasteiger partial charge in [-0.25, -0.2) is 4.79 Å². The molecule has 128 valence electrons. The maximum absolute atomic E-state index is 12.2. The molecule has 6 nitrogen and oxygen atoms in total. The van der Waals surface area contributed by atoms with Gasteiger partial charge in [0.15, 0.2) is 0 Å². The van der Waals surface area contributed by atoms with Gasteiger partial charge in [-0.3, -0.25) is 0 Å². The molecule has 1 amide bonds. The molecule has 1 aliphatic rings. The largest absolute Gasteiger partial charge is 0.481 e. The second-order valence-electron chi connectivity index (χ2n) is 6.59. The van der Waals surface area contributed by atoms with E-state index < -0.39 is 5.60 Å². The molecule has 23 heavy (non-hydrogen) atoms. The Labute approximate surface area is 142 Å². The number of aromatic nitrogens is 1. The Morgan fingerprint density at radius 2 is 2.17 bits per heavy atom. The zero-order chi connectivity index (χ0) is 17.0. The highest BCUT2D eigenvalue weighted by Crippen LogP contribution is 2.25. The lowest BCUT2D eigenvalue weighted by Gasteiger charge is -2.34. The third-order valence-corrected chi connectivity index (χ3v) is 3.75. The van der Waals surface area contributed by atoms with Crippen LogP contribution in [0, 0.1) is 0 Å². The van der Waals surface area contributed by atoms with Gasteiger partial charge < -0.3 is 19.7 Å². The first kappa shape index (κ1) is 17.7. The highest BCUT2D eigenvalue weighted by atomic mass is 35.5. The fourth-order valence-corrected chi connectivity index (χ4v) is 2.58.